The van der Waals surface area contributed by atoms with Crippen molar-refractivity contribution < 1.29 is 14.0 Å². The van der Waals surface area contributed by atoms with E-state index in [2.05, 4.69) is 20.5 Å². The molecular formula is C20H18FN5O2S. The van der Waals surface area contributed by atoms with E-state index in [1.54, 1.807) is 50.2 Å². The second-order valence-electron chi connectivity index (χ2n) is 6.99. The molecule has 1 aliphatic rings. The number of nitrogens with zero attached hydrogens (tertiary/aromatic N) is 3. The zero-order valence-corrected chi connectivity index (χ0v) is 16.6. The van der Waals surface area contributed by atoms with Crippen LogP contribution in [-0.2, 0) is 9.59 Å². The lowest BCUT2D eigenvalue weighted by molar-refractivity contribution is -0.125. The highest BCUT2D eigenvalue weighted by atomic mass is 32.2. The first-order chi connectivity index (χ1) is 13.9. The van der Waals surface area contributed by atoms with Crippen LogP contribution in [0.3, 0.4) is 0 Å². The quantitative estimate of drug-likeness (QED) is 0.642. The molecule has 2 N–H and O–H groups in total. The Balaban J connectivity index is 1.53. The van der Waals surface area contributed by atoms with Crippen molar-refractivity contribution in [1.82, 2.24) is 15.2 Å². The molecule has 0 unspecified atom stereocenters. The standard InChI is InChI=1S/C20H18FN5O2S/c1-20(2)18(28)22-14-9-5-6-10-15(14)26(20)16(27)11-29-19-23-17(24-25-19)12-7-3-4-8-13(12)21/h3-10H,11H2,1-2H3,(H,22,28)(H,23,24,25). The van der Waals surface area contributed by atoms with Crippen LogP contribution in [0.1, 0.15) is 13.8 Å². The van der Waals surface area contributed by atoms with Crippen LogP contribution in [0.5, 0.6) is 0 Å². The minimum atomic E-state index is -1.04. The zero-order chi connectivity index (χ0) is 20.6. The molecule has 0 bridgehead atoms. The molecule has 0 radical (unpaired) electrons. The Bertz CT molecular complexity index is 1100. The Labute approximate surface area is 170 Å². The Morgan fingerprint density at radius 3 is 2.69 bits per heavy atom. The lowest BCUT2D eigenvalue weighted by Crippen LogP contribution is -2.58. The third kappa shape index (κ3) is 3.49. The summed E-state index contributed by atoms with van der Waals surface area (Å²) in [7, 11) is 0. The minimum absolute atomic E-state index is 0.0274. The highest BCUT2D eigenvalue weighted by Gasteiger charge is 2.43. The van der Waals surface area contributed by atoms with Crippen LogP contribution in [0.25, 0.3) is 11.4 Å². The van der Waals surface area contributed by atoms with Crippen molar-refractivity contribution >= 4 is 35.0 Å². The molecule has 7 nitrogen and oxygen atoms in total. The molecule has 0 spiro atoms. The predicted molar refractivity (Wildman–Crippen MR) is 109 cm³/mol. The summed E-state index contributed by atoms with van der Waals surface area (Å²) < 4.78 is 13.9. The van der Waals surface area contributed by atoms with Gasteiger partial charge in [0.15, 0.2) is 5.82 Å². The number of fused-ring (bicyclic) bond motifs is 1. The summed E-state index contributed by atoms with van der Waals surface area (Å²) in [6.07, 6.45) is 0. The topological polar surface area (TPSA) is 91.0 Å². The molecule has 0 atom stereocenters. The minimum Gasteiger partial charge on any atom is -0.322 e. The Morgan fingerprint density at radius 1 is 1.17 bits per heavy atom. The Hall–Kier alpha value is -3.20. The van der Waals surface area contributed by atoms with Gasteiger partial charge in [-0.2, -0.15) is 0 Å². The summed E-state index contributed by atoms with van der Waals surface area (Å²) in [5.41, 5.74) is 0.504. The van der Waals surface area contributed by atoms with Gasteiger partial charge in [-0.25, -0.2) is 9.37 Å². The number of carbonyl (C=O) groups is 2. The van der Waals surface area contributed by atoms with Gasteiger partial charge in [0.05, 0.1) is 22.7 Å². The average molecular weight is 411 g/mol. The first-order valence-corrected chi connectivity index (χ1v) is 9.90. The Kier molecular flexibility index (Phi) is 4.83. The molecule has 2 heterocycles. The summed E-state index contributed by atoms with van der Waals surface area (Å²) in [6, 6.07) is 13.4. The number of hydrogen-bond donors (Lipinski definition) is 2. The van der Waals surface area contributed by atoms with Gasteiger partial charge < -0.3 is 5.32 Å². The summed E-state index contributed by atoms with van der Waals surface area (Å²) >= 11 is 1.12. The van der Waals surface area contributed by atoms with Crippen LogP contribution in [-0.4, -0.2) is 38.3 Å². The number of halogens is 1. The lowest BCUT2D eigenvalue weighted by Gasteiger charge is -2.42. The number of nitrogens with one attached hydrogen (secondary N) is 2. The van der Waals surface area contributed by atoms with E-state index in [0.717, 1.165) is 11.8 Å². The molecule has 0 saturated heterocycles. The third-order valence-electron chi connectivity index (χ3n) is 4.68. The van der Waals surface area contributed by atoms with E-state index in [9.17, 15) is 14.0 Å². The number of hydrogen-bond acceptors (Lipinski definition) is 5. The second kappa shape index (κ2) is 7.32. The van der Waals surface area contributed by atoms with Gasteiger partial charge in [0.2, 0.25) is 17.0 Å². The molecular weight excluding hydrogens is 393 g/mol. The predicted octanol–water partition coefficient (Wildman–Crippen LogP) is 3.47. The monoisotopic (exact) mass is 411 g/mol. The highest BCUT2D eigenvalue weighted by molar-refractivity contribution is 7.99. The molecule has 0 fully saturated rings. The number of rotatable bonds is 4. The first-order valence-electron chi connectivity index (χ1n) is 8.91. The fourth-order valence-electron chi connectivity index (χ4n) is 3.17. The van der Waals surface area contributed by atoms with Gasteiger partial charge in [-0.1, -0.05) is 36.0 Å². The van der Waals surface area contributed by atoms with Crippen LogP contribution in [0.4, 0.5) is 15.8 Å². The van der Waals surface area contributed by atoms with Gasteiger partial charge in [-0.3, -0.25) is 19.6 Å². The van der Waals surface area contributed by atoms with Gasteiger partial charge in [-0.05, 0) is 38.1 Å². The average Bonchev–Trinajstić information content (AvgIpc) is 3.16. The van der Waals surface area contributed by atoms with Crippen molar-refractivity contribution in [1.29, 1.82) is 0 Å². The summed E-state index contributed by atoms with van der Waals surface area (Å²) in [5.74, 6) is -0.594. The van der Waals surface area contributed by atoms with E-state index in [4.69, 9.17) is 0 Å². The van der Waals surface area contributed by atoms with E-state index < -0.39 is 11.4 Å². The maximum Gasteiger partial charge on any atom is 0.250 e. The van der Waals surface area contributed by atoms with Gasteiger partial charge in [0.1, 0.15) is 11.4 Å². The van der Waals surface area contributed by atoms with Crippen molar-refractivity contribution in [2.45, 2.75) is 24.5 Å². The summed E-state index contributed by atoms with van der Waals surface area (Å²) in [6.45, 7) is 3.40. The largest absolute Gasteiger partial charge is 0.322 e. The fraction of sp³-hybridized carbons (Fsp3) is 0.200. The third-order valence-corrected chi connectivity index (χ3v) is 5.51. The van der Waals surface area contributed by atoms with Crippen molar-refractivity contribution in [2.75, 3.05) is 16.0 Å². The van der Waals surface area contributed by atoms with Crippen molar-refractivity contribution in [3.05, 3.63) is 54.3 Å². The number of benzene rings is 2. The van der Waals surface area contributed by atoms with Gasteiger partial charge in [-0.15, -0.1) is 5.10 Å². The number of aromatic amines is 1. The summed E-state index contributed by atoms with van der Waals surface area (Å²) in [5, 5.41) is 9.90. The van der Waals surface area contributed by atoms with E-state index in [0.29, 0.717) is 27.9 Å². The molecule has 3 aromatic rings. The fourth-order valence-corrected chi connectivity index (χ4v) is 3.82. The van der Waals surface area contributed by atoms with Gasteiger partial charge >= 0.3 is 0 Å². The normalized spacial score (nSPS) is 15.0. The molecule has 0 aliphatic carbocycles. The molecule has 1 aromatic heterocycles. The molecule has 148 valence electrons. The number of para-hydroxylation sites is 2. The van der Waals surface area contributed by atoms with Crippen molar-refractivity contribution in [2.24, 2.45) is 0 Å². The molecule has 2 aromatic carbocycles. The van der Waals surface area contributed by atoms with E-state index in [1.165, 1.54) is 11.0 Å². The van der Waals surface area contributed by atoms with Crippen LogP contribution < -0.4 is 10.2 Å². The van der Waals surface area contributed by atoms with E-state index >= 15 is 0 Å². The smallest absolute Gasteiger partial charge is 0.250 e. The second-order valence-corrected chi connectivity index (χ2v) is 7.94. The van der Waals surface area contributed by atoms with Crippen LogP contribution in [0.2, 0.25) is 0 Å². The number of thioether (sulfide) groups is 1. The SMILES string of the molecule is CC1(C)C(=O)Nc2ccccc2N1C(=O)CSc1n[nH]c(-c2ccccc2F)n1. The highest BCUT2D eigenvalue weighted by Crippen LogP contribution is 2.37. The number of aromatic nitrogens is 3. The van der Waals surface area contributed by atoms with Crippen LogP contribution >= 0.6 is 11.8 Å². The molecule has 1 aliphatic heterocycles. The van der Waals surface area contributed by atoms with Crippen molar-refractivity contribution in [3.63, 3.8) is 0 Å². The molecule has 29 heavy (non-hydrogen) atoms. The van der Waals surface area contributed by atoms with Gasteiger partial charge in [0, 0.05) is 0 Å². The molecule has 0 saturated carbocycles. The summed E-state index contributed by atoms with van der Waals surface area (Å²) in [4.78, 5) is 31.3. The number of H-pyrrole nitrogens is 1. The lowest BCUT2D eigenvalue weighted by atomic mass is 9.96. The van der Waals surface area contributed by atoms with Crippen LogP contribution in [0, 0.1) is 5.82 Å². The number of amides is 2. The Morgan fingerprint density at radius 2 is 1.90 bits per heavy atom. The van der Waals surface area contributed by atoms with Gasteiger partial charge in [0.25, 0.3) is 0 Å². The van der Waals surface area contributed by atoms with E-state index in [-0.39, 0.29) is 17.6 Å². The first kappa shape index (κ1) is 19.1. The zero-order valence-electron chi connectivity index (χ0n) is 15.8. The molecule has 4 rings (SSSR count). The number of anilines is 2. The van der Waals surface area contributed by atoms with Crippen LogP contribution in [0.15, 0.2) is 53.7 Å². The number of carbonyl (C=O) groups excluding carboxylic acids is 2. The van der Waals surface area contributed by atoms with E-state index in [1.807, 2.05) is 6.07 Å². The maximum absolute atomic E-state index is 13.9. The van der Waals surface area contributed by atoms with Crippen molar-refractivity contribution in [3.8, 4) is 11.4 Å². The molecule has 9 heteroatoms. The maximum atomic E-state index is 13.9. The molecule has 2 amide bonds.